The van der Waals surface area contributed by atoms with Crippen LogP contribution >= 0.6 is 0 Å². The number of rotatable bonds is 4. The van der Waals surface area contributed by atoms with E-state index in [1.165, 1.54) is 0 Å². The number of hydrogen-bond donors (Lipinski definition) is 3. The Labute approximate surface area is 105 Å². The van der Waals surface area contributed by atoms with Crippen LogP contribution in [0.2, 0.25) is 0 Å². The Bertz CT molecular complexity index is 500. The minimum Gasteiger partial charge on any atom is -0.472 e. The van der Waals surface area contributed by atoms with Gasteiger partial charge in [-0.3, -0.25) is 10.1 Å². The van der Waals surface area contributed by atoms with Crippen LogP contribution in [-0.4, -0.2) is 23.2 Å². The Morgan fingerprint density at radius 1 is 1.44 bits per heavy atom. The zero-order chi connectivity index (χ0) is 12.8. The molecule has 0 radical (unpaired) electrons. The summed E-state index contributed by atoms with van der Waals surface area (Å²) >= 11 is 0. The maximum atomic E-state index is 5.00. The molecule has 2 aromatic rings. The monoisotopic (exact) mass is 247 g/mol. The van der Waals surface area contributed by atoms with E-state index in [0.717, 1.165) is 22.8 Å². The van der Waals surface area contributed by atoms with Crippen molar-refractivity contribution in [2.75, 3.05) is 7.05 Å². The highest BCUT2D eigenvalue weighted by molar-refractivity contribution is 5.79. The standard InChI is InChI=1S/C12H17N5O/c1-9-11(7-16-17-9)6-15-12(13-2)14-5-10-3-4-18-8-10/h3-4,7-8H,5-6H2,1-2H3,(H,16,17)(H2,13,14,15). The van der Waals surface area contributed by atoms with Gasteiger partial charge in [0, 0.05) is 37.0 Å². The van der Waals surface area contributed by atoms with E-state index in [2.05, 4.69) is 25.8 Å². The first-order valence-corrected chi connectivity index (χ1v) is 5.74. The van der Waals surface area contributed by atoms with Crippen LogP contribution in [0.25, 0.3) is 0 Å². The predicted molar refractivity (Wildman–Crippen MR) is 69.1 cm³/mol. The van der Waals surface area contributed by atoms with Crippen molar-refractivity contribution in [2.24, 2.45) is 4.99 Å². The van der Waals surface area contributed by atoms with E-state index in [9.17, 15) is 0 Å². The fraction of sp³-hybridized carbons (Fsp3) is 0.333. The van der Waals surface area contributed by atoms with E-state index in [-0.39, 0.29) is 0 Å². The van der Waals surface area contributed by atoms with Crippen LogP contribution in [-0.2, 0) is 13.1 Å². The zero-order valence-electron chi connectivity index (χ0n) is 10.5. The lowest BCUT2D eigenvalue weighted by Crippen LogP contribution is -2.36. The first-order valence-electron chi connectivity index (χ1n) is 5.74. The molecular formula is C12H17N5O. The van der Waals surface area contributed by atoms with Gasteiger partial charge in [0.15, 0.2) is 5.96 Å². The highest BCUT2D eigenvalue weighted by Gasteiger charge is 2.02. The van der Waals surface area contributed by atoms with Crippen LogP contribution in [0.15, 0.2) is 34.2 Å². The van der Waals surface area contributed by atoms with Gasteiger partial charge in [-0.1, -0.05) is 0 Å². The van der Waals surface area contributed by atoms with Crippen LogP contribution in [0.3, 0.4) is 0 Å². The van der Waals surface area contributed by atoms with Gasteiger partial charge in [0.2, 0.25) is 0 Å². The van der Waals surface area contributed by atoms with Gasteiger partial charge in [-0.2, -0.15) is 5.10 Å². The summed E-state index contributed by atoms with van der Waals surface area (Å²) in [4.78, 5) is 4.15. The van der Waals surface area contributed by atoms with E-state index >= 15 is 0 Å². The van der Waals surface area contributed by atoms with Crippen molar-refractivity contribution in [3.63, 3.8) is 0 Å². The second-order valence-corrected chi connectivity index (χ2v) is 3.93. The van der Waals surface area contributed by atoms with E-state index < -0.39 is 0 Å². The fourth-order valence-electron chi connectivity index (χ4n) is 1.53. The van der Waals surface area contributed by atoms with E-state index in [1.807, 2.05) is 19.2 Å². The third-order valence-corrected chi connectivity index (χ3v) is 2.64. The van der Waals surface area contributed by atoms with Crippen LogP contribution in [0.5, 0.6) is 0 Å². The predicted octanol–water partition coefficient (Wildman–Crippen LogP) is 1.18. The van der Waals surface area contributed by atoms with Crippen molar-refractivity contribution < 1.29 is 4.42 Å². The van der Waals surface area contributed by atoms with Gasteiger partial charge in [-0.05, 0) is 13.0 Å². The number of aliphatic imine (C=N–C) groups is 1. The molecule has 6 nitrogen and oxygen atoms in total. The first-order chi connectivity index (χ1) is 8.79. The van der Waals surface area contributed by atoms with Gasteiger partial charge in [0.1, 0.15) is 0 Å². The van der Waals surface area contributed by atoms with Crippen molar-refractivity contribution in [1.82, 2.24) is 20.8 Å². The van der Waals surface area contributed by atoms with Crippen molar-refractivity contribution >= 4 is 5.96 Å². The van der Waals surface area contributed by atoms with E-state index in [4.69, 9.17) is 4.42 Å². The van der Waals surface area contributed by atoms with Crippen molar-refractivity contribution in [3.8, 4) is 0 Å². The summed E-state index contributed by atoms with van der Waals surface area (Å²) in [7, 11) is 1.74. The number of hydrogen-bond acceptors (Lipinski definition) is 3. The Hall–Kier alpha value is -2.24. The molecule has 0 aliphatic carbocycles. The molecule has 0 amide bonds. The van der Waals surface area contributed by atoms with Crippen LogP contribution in [0.4, 0.5) is 0 Å². The Balaban J connectivity index is 1.81. The molecule has 0 bridgehead atoms. The maximum absolute atomic E-state index is 5.00. The third kappa shape index (κ3) is 3.13. The molecule has 0 saturated heterocycles. The molecule has 3 N–H and O–H groups in total. The Kier molecular flexibility index (Phi) is 4.01. The summed E-state index contributed by atoms with van der Waals surface area (Å²) < 4.78 is 5.00. The van der Waals surface area contributed by atoms with Crippen LogP contribution in [0.1, 0.15) is 16.8 Å². The lowest BCUT2D eigenvalue weighted by Gasteiger charge is -2.10. The van der Waals surface area contributed by atoms with Crippen molar-refractivity contribution in [1.29, 1.82) is 0 Å². The lowest BCUT2D eigenvalue weighted by molar-refractivity contribution is 0.563. The molecule has 96 valence electrons. The summed E-state index contributed by atoms with van der Waals surface area (Å²) in [5.41, 5.74) is 3.27. The largest absolute Gasteiger partial charge is 0.472 e. The second kappa shape index (κ2) is 5.90. The molecule has 6 heteroatoms. The molecular weight excluding hydrogens is 230 g/mol. The average molecular weight is 247 g/mol. The molecule has 2 aromatic heterocycles. The summed E-state index contributed by atoms with van der Waals surface area (Å²) in [5, 5.41) is 13.3. The number of nitrogens with one attached hydrogen (secondary N) is 3. The molecule has 18 heavy (non-hydrogen) atoms. The number of nitrogens with zero attached hydrogens (tertiary/aromatic N) is 2. The Morgan fingerprint density at radius 3 is 2.89 bits per heavy atom. The third-order valence-electron chi connectivity index (χ3n) is 2.64. The molecule has 0 saturated carbocycles. The highest BCUT2D eigenvalue weighted by atomic mass is 16.3. The summed E-state index contributed by atoms with van der Waals surface area (Å²) in [5.74, 6) is 0.747. The second-order valence-electron chi connectivity index (χ2n) is 3.93. The summed E-state index contributed by atoms with van der Waals surface area (Å²) in [6.45, 7) is 3.36. The van der Waals surface area contributed by atoms with Crippen LogP contribution < -0.4 is 10.6 Å². The molecule has 0 aromatic carbocycles. The number of H-pyrrole nitrogens is 1. The lowest BCUT2D eigenvalue weighted by atomic mass is 10.3. The molecule has 0 fully saturated rings. The van der Waals surface area contributed by atoms with E-state index in [0.29, 0.717) is 13.1 Å². The SMILES string of the molecule is CN=C(NCc1ccoc1)NCc1cn[nH]c1C. The molecule has 0 aliphatic rings. The molecule has 0 aliphatic heterocycles. The average Bonchev–Trinajstić information content (AvgIpc) is 3.01. The molecule has 0 unspecified atom stereocenters. The quantitative estimate of drug-likeness (QED) is 0.560. The molecule has 2 heterocycles. The van der Waals surface area contributed by atoms with Gasteiger partial charge in [-0.25, -0.2) is 0 Å². The molecule has 0 spiro atoms. The van der Waals surface area contributed by atoms with Gasteiger partial charge >= 0.3 is 0 Å². The molecule has 2 rings (SSSR count). The smallest absolute Gasteiger partial charge is 0.191 e. The van der Waals surface area contributed by atoms with Gasteiger partial charge in [0.25, 0.3) is 0 Å². The maximum Gasteiger partial charge on any atom is 0.191 e. The van der Waals surface area contributed by atoms with E-state index in [1.54, 1.807) is 19.6 Å². The number of aromatic nitrogens is 2. The zero-order valence-corrected chi connectivity index (χ0v) is 10.5. The van der Waals surface area contributed by atoms with Crippen molar-refractivity contribution in [3.05, 3.63) is 41.6 Å². The number of furan rings is 1. The van der Waals surface area contributed by atoms with Gasteiger partial charge < -0.3 is 15.1 Å². The number of aryl methyl sites for hydroxylation is 1. The fourth-order valence-corrected chi connectivity index (χ4v) is 1.53. The van der Waals surface area contributed by atoms with Gasteiger partial charge in [0.05, 0.1) is 18.7 Å². The van der Waals surface area contributed by atoms with Gasteiger partial charge in [-0.15, -0.1) is 0 Å². The number of aromatic amines is 1. The summed E-state index contributed by atoms with van der Waals surface area (Å²) in [6, 6.07) is 1.92. The first kappa shape index (κ1) is 12.2. The topological polar surface area (TPSA) is 78.2 Å². The normalized spacial score (nSPS) is 11.6. The minimum absolute atomic E-state index is 0.681. The minimum atomic E-state index is 0.681. The molecule has 0 atom stereocenters. The Morgan fingerprint density at radius 2 is 2.28 bits per heavy atom. The van der Waals surface area contributed by atoms with Crippen LogP contribution in [0, 0.1) is 6.92 Å². The van der Waals surface area contributed by atoms with Crippen molar-refractivity contribution in [2.45, 2.75) is 20.0 Å². The summed E-state index contributed by atoms with van der Waals surface area (Å²) in [6.07, 6.45) is 5.17. The highest BCUT2D eigenvalue weighted by Crippen LogP contribution is 2.01. The number of guanidine groups is 1.